The molecule has 0 radical (unpaired) electrons. The zero-order valence-corrected chi connectivity index (χ0v) is 12.3. The van der Waals surface area contributed by atoms with Crippen molar-refractivity contribution >= 4 is 17.4 Å². The van der Waals surface area contributed by atoms with Crippen LogP contribution in [0.15, 0.2) is 30.3 Å². The number of morpholine rings is 1. The number of hydrogen-bond acceptors (Lipinski definition) is 3. The molecular formula is C16H18FNO4. The van der Waals surface area contributed by atoms with Gasteiger partial charge in [0.2, 0.25) is 5.91 Å². The van der Waals surface area contributed by atoms with E-state index in [1.807, 2.05) is 0 Å². The molecule has 2 rings (SSSR count). The molecule has 1 heterocycles. The molecule has 1 aromatic rings. The number of allylic oxidation sites excluding steroid dienone is 1. The Hall–Kier alpha value is -2.21. The van der Waals surface area contributed by atoms with Gasteiger partial charge in [0.25, 0.3) is 0 Å². The number of amides is 1. The molecule has 118 valence electrons. The Morgan fingerprint density at radius 2 is 2.09 bits per heavy atom. The van der Waals surface area contributed by atoms with Gasteiger partial charge < -0.3 is 14.7 Å². The summed E-state index contributed by atoms with van der Waals surface area (Å²) in [5, 5.41) is 8.78. The highest BCUT2D eigenvalue weighted by Crippen LogP contribution is 2.16. The van der Waals surface area contributed by atoms with Crippen LogP contribution in [0.5, 0.6) is 0 Å². The Morgan fingerprint density at radius 3 is 2.73 bits per heavy atom. The highest BCUT2D eigenvalue weighted by Gasteiger charge is 2.25. The standard InChI is InChI=1S/C16H18FNO4/c1-11(12-2-4-13(17)5-3-12)8-15(19)18-6-7-22-14(10-18)9-16(20)21/h2-5,8,14H,6-7,9-10H2,1H3,(H,20,21)/b11-8+. The third kappa shape index (κ3) is 4.39. The van der Waals surface area contributed by atoms with E-state index < -0.39 is 12.1 Å². The molecule has 1 amide bonds. The molecule has 1 aliphatic heterocycles. The Balaban J connectivity index is 2.02. The lowest BCUT2D eigenvalue weighted by molar-refractivity contribution is -0.145. The molecule has 1 saturated heterocycles. The van der Waals surface area contributed by atoms with E-state index in [2.05, 4.69) is 0 Å². The lowest BCUT2D eigenvalue weighted by Gasteiger charge is -2.31. The highest BCUT2D eigenvalue weighted by molar-refractivity contribution is 5.95. The fourth-order valence-electron chi connectivity index (χ4n) is 2.31. The summed E-state index contributed by atoms with van der Waals surface area (Å²) in [7, 11) is 0. The second-order valence-electron chi connectivity index (χ2n) is 5.21. The minimum atomic E-state index is -0.947. The summed E-state index contributed by atoms with van der Waals surface area (Å²) in [5.41, 5.74) is 1.50. The topological polar surface area (TPSA) is 66.8 Å². The molecule has 1 atom stereocenters. The van der Waals surface area contributed by atoms with Crippen molar-refractivity contribution < 1.29 is 23.8 Å². The van der Waals surface area contributed by atoms with Crippen LogP contribution in [0.2, 0.25) is 0 Å². The van der Waals surface area contributed by atoms with Crippen molar-refractivity contribution in [1.29, 1.82) is 0 Å². The SMILES string of the molecule is C/C(=C\C(=O)N1CCOC(CC(=O)O)C1)c1ccc(F)cc1. The van der Waals surface area contributed by atoms with Gasteiger partial charge in [-0.3, -0.25) is 9.59 Å². The summed E-state index contributed by atoms with van der Waals surface area (Å²) in [6.07, 6.45) is 0.885. The summed E-state index contributed by atoms with van der Waals surface area (Å²) < 4.78 is 18.2. The van der Waals surface area contributed by atoms with E-state index in [9.17, 15) is 14.0 Å². The minimum absolute atomic E-state index is 0.121. The molecule has 6 heteroatoms. The Morgan fingerprint density at radius 1 is 1.41 bits per heavy atom. The van der Waals surface area contributed by atoms with Crippen LogP contribution in [-0.4, -0.2) is 47.7 Å². The van der Waals surface area contributed by atoms with Crippen LogP contribution in [0, 0.1) is 5.82 Å². The molecule has 0 saturated carbocycles. The predicted molar refractivity (Wildman–Crippen MR) is 78.6 cm³/mol. The first-order valence-corrected chi connectivity index (χ1v) is 7.02. The van der Waals surface area contributed by atoms with Gasteiger partial charge in [-0.25, -0.2) is 4.39 Å². The first kappa shape index (κ1) is 16.2. The van der Waals surface area contributed by atoms with Crippen LogP contribution in [0.4, 0.5) is 4.39 Å². The van der Waals surface area contributed by atoms with Gasteiger partial charge >= 0.3 is 5.97 Å². The zero-order valence-electron chi connectivity index (χ0n) is 12.3. The van der Waals surface area contributed by atoms with Gasteiger partial charge in [-0.1, -0.05) is 12.1 Å². The number of hydrogen-bond donors (Lipinski definition) is 1. The molecule has 22 heavy (non-hydrogen) atoms. The molecule has 0 spiro atoms. The first-order chi connectivity index (χ1) is 10.5. The number of carboxylic acids is 1. The van der Waals surface area contributed by atoms with E-state index in [4.69, 9.17) is 9.84 Å². The monoisotopic (exact) mass is 307 g/mol. The number of rotatable bonds is 4. The fraction of sp³-hybridized carbons (Fsp3) is 0.375. The fourth-order valence-corrected chi connectivity index (χ4v) is 2.31. The third-order valence-electron chi connectivity index (χ3n) is 3.49. The van der Waals surface area contributed by atoms with E-state index in [1.54, 1.807) is 24.0 Å². The number of nitrogens with zero attached hydrogens (tertiary/aromatic N) is 1. The molecule has 1 N–H and O–H groups in total. The van der Waals surface area contributed by atoms with Crippen molar-refractivity contribution in [2.45, 2.75) is 19.4 Å². The lowest BCUT2D eigenvalue weighted by Crippen LogP contribution is -2.45. The molecular weight excluding hydrogens is 289 g/mol. The van der Waals surface area contributed by atoms with Crippen LogP contribution >= 0.6 is 0 Å². The van der Waals surface area contributed by atoms with Crippen molar-refractivity contribution in [1.82, 2.24) is 4.90 Å². The largest absolute Gasteiger partial charge is 0.481 e. The summed E-state index contributed by atoms with van der Waals surface area (Å²) in [5.74, 6) is -1.47. The van der Waals surface area contributed by atoms with Crippen molar-refractivity contribution in [3.05, 3.63) is 41.7 Å². The molecule has 1 fully saturated rings. The third-order valence-corrected chi connectivity index (χ3v) is 3.49. The van der Waals surface area contributed by atoms with Crippen LogP contribution in [0.25, 0.3) is 5.57 Å². The van der Waals surface area contributed by atoms with Gasteiger partial charge in [-0.2, -0.15) is 0 Å². The number of ether oxygens (including phenoxy) is 1. The van der Waals surface area contributed by atoms with Crippen molar-refractivity contribution in [3.8, 4) is 0 Å². The second-order valence-corrected chi connectivity index (χ2v) is 5.21. The van der Waals surface area contributed by atoms with Gasteiger partial charge in [0.05, 0.1) is 19.1 Å². The van der Waals surface area contributed by atoms with Crippen LogP contribution in [-0.2, 0) is 14.3 Å². The summed E-state index contributed by atoms with van der Waals surface area (Å²) in [4.78, 5) is 24.5. The molecule has 1 aliphatic rings. The Bertz CT molecular complexity index is 582. The van der Waals surface area contributed by atoms with E-state index in [0.29, 0.717) is 13.2 Å². The number of carbonyl (C=O) groups excluding carboxylic acids is 1. The van der Waals surface area contributed by atoms with E-state index in [-0.39, 0.29) is 24.7 Å². The first-order valence-electron chi connectivity index (χ1n) is 7.02. The number of halogens is 1. The zero-order chi connectivity index (χ0) is 16.1. The number of carboxylic acid groups (broad SMARTS) is 1. The van der Waals surface area contributed by atoms with Crippen LogP contribution < -0.4 is 0 Å². The van der Waals surface area contributed by atoms with Crippen molar-refractivity contribution in [2.24, 2.45) is 0 Å². The Labute approximate surface area is 128 Å². The maximum absolute atomic E-state index is 12.9. The number of carbonyl (C=O) groups is 2. The van der Waals surface area contributed by atoms with Gasteiger partial charge in [-0.15, -0.1) is 0 Å². The maximum atomic E-state index is 12.9. The summed E-state index contributed by atoms with van der Waals surface area (Å²) >= 11 is 0. The molecule has 0 aliphatic carbocycles. The quantitative estimate of drug-likeness (QED) is 0.863. The van der Waals surface area contributed by atoms with Crippen LogP contribution in [0.3, 0.4) is 0 Å². The average molecular weight is 307 g/mol. The smallest absolute Gasteiger partial charge is 0.306 e. The van der Waals surface area contributed by atoms with Gasteiger partial charge in [-0.05, 0) is 30.2 Å². The minimum Gasteiger partial charge on any atom is -0.481 e. The van der Waals surface area contributed by atoms with Crippen molar-refractivity contribution in [3.63, 3.8) is 0 Å². The van der Waals surface area contributed by atoms with E-state index in [1.165, 1.54) is 18.2 Å². The Kier molecular flexibility index (Phi) is 5.27. The molecule has 0 aromatic heterocycles. The van der Waals surface area contributed by atoms with Crippen molar-refractivity contribution in [2.75, 3.05) is 19.7 Å². The van der Waals surface area contributed by atoms with Crippen LogP contribution in [0.1, 0.15) is 18.9 Å². The van der Waals surface area contributed by atoms with E-state index in [0.717, 1.165) is 11.1 Å². The molecule has 0 bridgehead atoms. The number of aliphatic carboxylic acids is 1. The van der Waals surface area contributed by atoms with Gasteiger partial charge in [0.1, 0.15) is 5.82 Å². The highest BCUT2D eigenvalue weighted by atomic mass is 19.1. The average Bonchev–Trinajstić information content (AvgIpc) is 2.47. The second kappa shape index (κ2) is 7.17. The van der Waals surface area contributed by atoms with E-state index >= 15 is 0 Å². The van der Waals surface area contributed by atoms with Gasteiger partial charge in [0, 0.05) is 19.2 Å². The number of benzene rings is 1. The normalized spacial score (nSPS) is 19.1. The maximum Gasteiger partial charge on any atom is 0.306 e. The summed E-state index contributed by atoms with van der Waals surface area (Å²) in [6.45, 7) is 2.80. The molecule has 5 nitrogen and oxygen atoms in total. The molecule has 1 unspecified atom stereocenters. The predicted octanol–water partition coefficient (Wildman–Crippen LogP) is 1.93. The summed E-state index contributed by atoms with van der Waals surface area (Å²) in [6, 6.07) is 5.91. The molecule has 1 aromatic carbocycles. The lowest BCUT2D eigenvalue weighted by atomic mass is 10.1. The van der Waals surface area contributed by atoms with Gasteiger partial charge in [0.15, 0.2) is 0 Å².